The highest BCUT2D eigenvalue weighted by Crippen LogP contribution is 2.20. The number of morpholine rings is 1. The van der Waals surface area contributed by atoms with Crippen LogP contribution in [0.1, 0.15) is 26.5 Å². The Morgan fingerprint density at radius 3 is 2.75 bits per heavy atom. The molecule has 2 N–H and O–H groups in total. The van der Waals surface area contributed by atoms with Crippen LogP contribution in [-0.4, -0.2) is 53.2 Å². The molecule has 2 heterocycles. The van der Waals surface area contributed by atoms with Crippen LogP contribution in [0.25, 0.3) is 0 Å². The van der Waals surface area contributed by atoms with Gasteiger partial charge >= 0.3 is 0 Å². The van der Waals surface area contributed by atoms with Crippen LogP contribution in [0.4, 0.5) is 5.69 Å². The first-order chi connectivity index (χ1) is 11.6. The Morgan fingerprint density at radius 2 is 2.08 bits per heavy atom. The zero-order chi connectivity index (χ0) is 17.1. The Kier molecular flexibility index (Phi) is 4.96. The molecule has 0 unspecified atom stereocenters. The highest BCUT2D eigenvalue weighted by atomic mass is 79.9. The summed E-state index contributed by atoms with van der Waals surface area (Å²) < 4.78 is 5.88. The van der Waals surface area contributed by atoms with Crippen molar-refractivity contribution in [2.24, 2.45) is 0 Å². The maximum Gasteiger partial charge on any atom is 0.277 e. The first-order valence-corrected chi connectivity index (χ1v) is 8.34. The monoisotopic (exact) mass is 392 g/mol. The number of rotatable bonds is 3. The molecular weight excluding hydrogens is 376 g/mol. The lowest BCUT2D eigenvalue weighted by atomic mass is 10.1. The molecule has 1 aliphatic rings. The van der Waals surface area contributed by atoms with Gasteiger partial charge in [0.2, 0.25) is 0 Å². The van der Waals surface area contributed by atoms with Gasteiger partial charge in [0.15, 0.2) is 5.69 Å². The van der Waals surface area contributed by atoms with E-state index in [1.165, 1.54) is 0 Å². The highest BCUT2D eigenvalue weighted by molar-refractivity contribution is 9.10. The van der Waals surface area contributed by atoms with E-state index in [1.54, 1.807) is 29.2 Å². The van der Waals surface area contributed by atoms with Crippen LogP contribution in [0.3, 0.4) is 0 Å². The Morgan fingerprint density at radius 1 is 1.33 bits per heavy atom. The first-order valence-electron chi connectivity index (χ1n) is 7.55. The summed E-state index contributed by atoms with van der Waals surface area (Å²) in [5.41, 5.74) is 2.13. The van der Waals surface area contributed by atoms with E-state index in [-0.39, 0.29) is 17.5 Å². The second-order valence-corrected chi connectivity index (χ2v) is 6.24. The van der Waals surface area contributed by atoms with Crippen LogP contribution in [0.5, 0.6) is 0 Å². The van der Waals surface area contributed by atoms with Crippen molar-refractivity contribution in [3.8, 4) is 0 Å². The van der Waals surface area contributed by atoms with Gasteiger partial charge in [0.25, 0.3) is 11.8 Å². The number of aryl methyl sites for hydroxylation is 1. The number of aromatic amines is 1. The number of nitrogens with one attached hydrogen (secondary N) is 2. The summed E-state index contributed by atoms with van der Waals surface area (Å²) in [5, 5.41) is 9.48. The highest BCUT2D eigenvalue weighted by Gasteiger charge is 2.20. The Labute approximate surface area is 147 Å². The van der Waals surface area contributed by atoms with Crippen molar-refractivity contribution in [3.05, 3.63) is 45.7 Å². The summed E-state index contributed by atoms with van der Waals surface area (Å²) >= 11 is 3.33. The molecule has 1 aromatic carbocycles. The van der Waals surface area contributed by atoms with Crippen molar-refractivity contribution in [3.63, 3.8) is 0 Å². The quantitative estimate of drug-likeness (QED) is 0.837. The van der Waals surface area contributed by atoms with E-state index in [1.807, 2.05) is 6.92 Å². The molecule has 0 saturated carbocycles. The van der Waals surface area contributed by atoms with Gasteiger partial charge in [-0.25, -0.2) is 0 Å². The number of aromatic nitrogens is 2. The Hall–Kier alpha value is -2.19. The minimum atomic E-state index is -0.345. The molecule has 126 valence electrons. The predicted molar refractivity (Wildman–Crippen MR) is 92.1 cm³/mol. The minimum Gasteiger partial charge on any atom is -0.378 e. The third-order valence-electron chi connectivity index (χ3n) is 3.75. The van der Waals surface area contributed by atoms with Gasteiger partial charge in [0.1, 0.15) is 0 Å². The molecule has 1 saturated heterocycles. The van der Waals surface area contributed by atoms with Crippen molar-refractivity contribution in [1.29, 1.82) is 0 Å². The molecule has 0 bridgehead atoms. The second-order valence-electron chi connectivity index (χ2n) is 5.45. The first kappa shape index (κ1) is 16.7. The minimum absolute atomic E-state index is 0.0637. The van der Waals surface area contributed by atoms with E-state index in [0.29, 0.717) is 42.0 Å². The molecule has 3 rings (SSSR count). The lowest BCUT2D eigenvalue weighted by Crippen LogP contribution is -2.40. The van der Waals surface area contributed by atoms with Gasteiger partial charge in [-0.2, -0.15) is 5.10 Å². The van der Waals surface area contributed by atoms with E-state index >= 15 is 0 Å². The fourth-order valence-electron chi connectivity index (χ4n) is 2.44. The molecule has 8 heteroatoms. The third kappa shape index (κ3) is 3.49. The number of anilines is 1. The SMILES string of the molecule is Cc1[nH]nc(C(=O)Nc2cccc(C(=O)N3CCOCC3)c2)c1Br. The Bertz CT molecular complexity index is 768. The largest absolute Gasteiger partial charge is 0.378 e. The van der Waals surface area contributed by atoms with Crippen molar-refractivity contribution in [2.75, 3.05) is 31.6 Å². The molecule has 1 aliphatic heterocycles. The van der Waals surface area contributed by atoms with Crippen LogP contribution in [0, 0.1) is 6.92 Å². The van der Waals surface area contributed by atoms with Gasteiger partial charge in [-0.05, 0) is 41.1 Å². The van der Waals surface area contributed by atoms with E-state index in [9.17, 15) is 9.59 Å². The molecule has 7 nitrogen and oxygen atoms in total. The van der Waals surface area contributed by atoms with Crippen molar-refractivity contribution >= 4 is 33.4 Å². The van der Waals surface area contributed by atoms with Crippen molar-refractivity contribution in [2.45, 2.75) is 6.92 Å². The number of hydrogen-bond acceptors (Lipinski definition) is 4. The van der Waals surface area contributed by atoms with Crippen LogP contribution in [0.2, 0.25) is 0 Å². The fraction of sp³-hybridized carbons (Fsp3) is 0.312. The average molecular weight is 393 g/mol. The van der Waals surface area contributed by atoms with Gasteiger partial charge in [-0.15, -0.1) is 0 Å². The van der Waals surface area contributed by atoms with E-state index < -0.39 is 0 Å². The number of nitrogens with zero attached hydrogens (tertiary/aromatic N) is 2. The summed E-state index contributed by atoms with van der Waals surface area (Å²) in [6.45, 7) is 4.07. The molecule has 0 radical (unpaired) electrons. The van der Waals surface area contributed by atoms with Crippen LogP contribution in [-0.2, 0) is 4.74 Å². The standard InChI is InChI=1S/C16H17BrN4O3/c1-10-13(17)14(20-19-10)15(22)18-12-4-2-3-11(9-12)16(23)21-5-7-24-8-6-21/h2-4,9H,5-8H2,1H3,(H,18,22)(H,19,20). The van der Waals surface area contributed by atoms with Gasteiger partial charge in [0.05, 0.1) is 17.7 Å². The van der Waals surface area contributed by atoms with Gasteiger partial charge in [-0.1, -0.05) is 6.07 Å². The molecular formula is C16H17BrN4O3. The number of ether oxygens (including phenoxy) is 1. The molecule has 2 aromatic rings. The molecule has 2 amide bonds. The van der Waals surface area contributed by atoms with Gasteiger partial charge in [-0.3, -0.25) is 14.7 Å². The van der Waals surface area contributed by atoms with E-state index in [2.05, 4.69) is 31.4 Å². The summed E-state index contributed by atoms with van der Waals surface area (Å²) in [5.74, 6) is -0.409. The summed E-state index contributed by atoms with van der Waals surface area (Å²) in [7, 11) is 0. The lowest BCUT2D eigenvalue weighted by Gasteiger charge is -2.27. The van der Waals surface area contributed by atoms with E-state index in [4.69, 9.17) is 4.74 Å². The maximum absolute atomic E-state index is 12.5. The van der Waals surface area contributed by atoms with Crippen molar-refractivity contribution < 1.29 is 14.3 Å². The molecule has 1 fully saturated rings. The summed E-state index contributed by atoms with van der Waals surface area (Å²) in [4.78, 5) is 26.5. The number of benzene rings is 1. The summed E-state index contributed by atoms with van der Waals surface area (Å²) in [6, 6.07) is 6.89. The number of carbonyl (C=O) groups is 2. The van der Waals surface area contributed by atoms with Crippen molar-refractivity contribution in [1.82, 2.24) is 15.1 Å². The number of hydrogen-bond donors (Lipinski definition) is 2. The number of amides is 2. The van der Waals surface area contributed by atoms with Crippen LogP contribution >= 0.6 is 15.9 Å². The summed E-state index contributed by atoms with van der Waals surface area (Å²) in [6.07, 6.45) is 0. The molecule has 0 spiro atoms. The lowest BCUT2D eigenvalue weighted by molar-refractivity contribution is 0.0303. The smallest absolute Gasteiger partial charge is 0.277 e. The number of carbonyl (C=O) groups excluding carboxylic acids is 2. The topological polar surface area (TPSA) is 87.3 Å². The van der Waals surface area contributed by atoms with E-state index in [0.717, 1.165) is 5.69 Å². The zero-order valence-electron chi connectivity index (χ0n) is 13.1. The molecule has 0 atom stereocenters. The fourth-order valence-corrected chi connectivity index (χ4v) is 2.79. The molecule has 0 aliphatic carbocycles. The predicted octanol–water partition coefficient (Wildman–Crippen LogP) is 2.21. The third-order valence-corrected chi connectivity index (χ3v) is 4.72. The molecule has 24 heavy (non-hydrogen) atoms. The number of halogens is 1. The van der Waals surface area contributed by atoms with Gasteiger partial charge in [0, 0.05) is 30.0 Å². The van der Waals surface area contributed by atoms with Crippen LogP contribution < -0.4 is 5.32 Å². The maximum atomic E-state index is 12.5. The Balaban J connectivity index is 1.74. The normalized spacial score (nSPS) is 14.5. The molecule has 1 aromatic heterocycles. The zero-order valence-corrected chi connectivity index (χ0v) is 14.7. The number of H-pyrrole nitrogens is 1. The van der Waals surface area contributed by atoms with Crippen LogP contribution in [0.15, 0.2) is 28.7 Å². The second kappa shape index (κ2) is 7.14. The average Bonchev–Trinajstić information content (AvgIpc) is 2.94. The van der Waals surface area contributed by atoms with Gasteiger partial charge < -0.3 is 15.0 Å².